The smallest absolute Gasteiger partial charge is 0.324 e. The van der Waals surface area contributed by atoms with Gasteiger partial charge in [-0.15, -0.1) is 0 Å². The first-order valence-corrected chi connectivity index (χ1v) is 6.13. The van der Waals surface area contributed by atoms with E-state index in [2.05, 4.69) is 26.2 Å². The fraction of sp³-hybridized carbons (Fsp3) is 0.364. The lowest BCUT2D eigenvalue weighted by Crippen LogP contribution is -2.35. The Morgan fingerprint density at radius 2 is 2.33 bits per heavy atom. The topological polar surface area (TPSA) is 71.5 Å². The Balaban J connectivity index is 2.12. The molecular weight excluding hydrogens is 302 g/mol. The van der Waals surface area contributed by atoms with E-state index >= 15 is 0 Å². The molecule has 1 atom stereocenters. The average molecular weight is 314 g/mol. The van der Waals surface area contributed by atoms with Crippen LogP contribution in [-0.4, -0.2) is 42.0 Å². The first-order chi connectivity index (χ1) is 8.61. The summed E-state index contributed by atoms with van der Waals surface area (Å²) in [5.41, 5.74) is 0.813. The summed E-state index contributed by atoms with van der Waals surface area (Å²) in [6.07, 6.45) is 1.27. The number of methoxy groups -OCH3 is 1. The number of imide groups is 1. The van der Waals surface area contributed by atoms with Gasteiger partial charge in [0.15, 0.2) is 0 Å². The molecule has 0 aliphatic carbocycles. The lowest BCUT2D eigenvalue weighted by molar-refractivity contribution is -0.126. The molecule has 0 spiro atoms. The number of rotatable bonds is 4. The highest BCUT2D eigenvalue weighted by atomic mass is 79.9. The molecule has 6 nitrogen and oxygen atoms in total. The molecule has 1 aliphatic rings. The summed E-state index contributed by atoms with van der Waals surface area (Å²) in [5.74, 6) is -0.243. The number of hydrogen-bond acceptors (Lipinski definition) is 4. The van der Waals surface area contributed by atoms with E-state index in [4.69, 9.17) is 4.74 Å². The fourth-order valence-electron chi connectivity index (χ4n) is 1.70. The molecule has 1 N–H and O–H groups in total. The number of urea groups is 1. The predicted octanol–water partition coefficient (Wildman–Crippen LogP) is 1.08. The average Bonchev–Trinajstić information content (AvgIpc) is 2.68. The fourth-order valence-corrected chi connectivity index (χ4v) is 1.93. The second-order valence-corrected chi connectivity index (χ2v) is 4.61. The number of aromatic nitrogens is 1. The molecule has 1 aliphatic heterocycles. The molecule has 7 heteroatoms. The molecule has 0 unspecified atom stereocenters. The van der Waals surface area contributed by atoms with Gasteiger partial charge in [0.1, 0.15) is 10.7 Å². The molecule has 0 saturated carbocycles. The molecule has 1 aromatic rings. The zero-order valence-corrected chi connectivity index (χ0v) is 11.3. The summed E-state index contributed by atoms with van der Waals surface area (Å²) < 4.78 is 6.02. The van der Waals surface area contributed by atoms with Crippen LogP contribution in [0.5, 0.6) is 0 Å². The van der Waals surface area contributed by atoms with E-state index in [0.29, 0.717) is 0 Å². The standard InChI is InChI=1S/C11H12BrN3O3/c1-18-8(7-2-3-9(12)13-4-7)6-15-10(16)5-14-11(15)17/h2-4,8H,5-6H2,1H3,(H,14,17)/t8-/m0/s1. The number of halogens is 1. The van der Waals surface area contributed by atoms with Crippen molar-refractivity contribution < 1.29 is 14.3 Å². The molecule has 1 saturated heterocycles. The molecule has 0 radical (unpaired) electrons. The molecule has 18 heavy (non-hydrogen) atoms. The molecule has 2 rings (SSSR count). The van der Waals surface area contributed by atoms with E-state index in [9.17, 15) is 9.59 Å². The number of nitrogens with zero attached hydrogens (tertiary/aromatic N) is 2. The van der Waals surface area contributed by atoms with E-state index in [1.54, 1.807) is 12.3 Å². The van der Waals surface area contributed by atoms with Gasteiger partial charge in [-0.05, 0) is 22.0 Å². The van der Waals surface area contributed by atoms with Crippen LogP contribution in [0.25, 0.3) is 0 Å². The van der Waals surface area contributed by atoms with E-state index < -0.39 is 0 Å². The first-order valence-electron chi connectivity index (χ1n) is 5.34. The van der Waals surface area contributed by atoms with Crippen molar-refractivity contribution in [2.24, 2.45) is 0 Å². The number of carbonyl (C=O) groups excluding carboxylic acids is 2. The normalized spacial score (nSPS) is 16.9. The Kier molecular flexibility index (Phi) is 3.93. The highest BCUT2D eigenvalue weighted by Crippen LogP contribution is 2.19. The molecule has 96 valence electrons. The molecule has 1 fully saturated rings. The van der Waals surface area contributed by atoms with Gasteiger partial charge in [0, 0.05) is 18.9 Å². The van der Waals surface area contributed by atoms with Gasteiger partial charge in [0.05, 0.1) is 13.1 Å². The molecular formula is C11H12BrN3O3. The highest BCUT2D eigenvalue weighted by molar-refractivity contribution is 9.10. The summed E-state index contributed by atoms with van der Waals surface area (Å²) in [4.78, 5) is 28.2. The Morgan fingerprint density at radius 3 is 2.83 bits per heavy atom. The van der Waals surface area contributed by atoms with E-state index in [0.717, 1.165) is 15.1 Å². The Hall–Kier alpha value is -1.47. The number of carbonyl (C=O) groups is 2. The van der Waals surface area contributed by atoms with Crippen LogP contribution in [0.1, 0.15) is 11.7 Å². The van der Waals surface area contributed by atoms with Crippen LogP contribution < -0.4 is 5.32 Å². The van der Waals surface area contributed by atoms with Gasteiger partial charge in [0.2, 0.25) is 5.91 Å². The third-order valence-corrected chi connectivity index (χ3v) is 3.16. The summed E-state index contributed by atoms with van der Waals surface area (Å²) >= 11 is 3.24. The van der Waals surface area contributed by atoms with Crippen LogP contribution in [-0.2, 0) is 9.53 Å². The van der Waals surface area contributed by atoms with Crippen LogP contribution in [0.15, 0.2) is 22.9 Å². The van der Waals surface area contributed by atoms with E-state index in [1.807, 2.05) is 6.07 Å². The summed E-state index contributed by atoms with van der Waals surface area (Å²) in [6, 6.07) is 3.24. The number of ether oxygens (including phenoxy) is 1. The van der Waals surface area contributed by atoms with Gasteiger partial charge in [-0.2, -0.15) is 0 Å². The van der Waals surface area contributed by atoms with Crippen molar-refractivity contribution in [2.75, 3.05) is 20.2 Å². The van der Waals surface area contributed by atoms with Gasteiger partial charge in [-0.1, -0.05) is 6.07 Å². The van der Waals surface area contributed by atoms with Crippen LogP contribution in [0.4, 0.5) is 4.79 Å². The van der Waals surface area contributed by atoms with Crippen molar-refractivity contribution in [1.82, 2.24) is 15.2 Å². The van der Waals surface area contributed by atoms with Crippen molar-refractivity contribution >= 4 is 27.9 Å². The number of nitrogens with one attached hydrogen (secondary N) is 1. The number of amides is 3. The third-order valence-electron chi connectivity index (χ3n) is 2.69. The van der Waals surface area contributed by atoms with Crippen LogP contribution in [0.2, 0.25) is 0 Å². The lowest BCUT2D eigenvalue weighted by atomic mass is 10.1. The molecule has 2 heterocycles. The Bertz CT molecular complexity index is 447. The summed E-state index contributed by atoms with van der Waals surface area (Å²) in [6.45, 7) is 0.234. The molecule has 0 aromatic carbocycles. The minimum atomic E-state index is -0.382. The van der Waals surface area contributed by atoms with Crippen LogP contribution in [0, 0.1) is 0 Å². The largest absolute Gasteiger partial charge is 0.375 e. The Labute approximate surface area is 112 Å². The maximum Gasteiger partial charge on any atom is 0.324 e. The van der Waals surface area contributed by atoms with Gasteiger partial charge in [-0.25, -0.2) is 9.78 Å². The van der Waals surface area contributed by atoms with E-state index in [1.165, 1.54) is 7.11 Å². The minimum Gasteiger partial charge on any atom is -0.375 e. The maximum absolute atomic E-state index is 11.5. The van der Waals surface area contributed by atoms with Crippen LogP contribution >= 0.6 is 15.9 Å². The zero-order chi connectivity index (χ0) is 13.1. The third kappa shape index (κ3) is 2.68. The molecule has 3 amide bonds. The van der Waals surface area contributed by atoms with Crippen molar-refractivity contribution in [3.8, 4) is 0 Å². The highest BCUT2D eigenvalue weighted by Gasteiger charge is 2.31. The second-order valence-electron chi connectivity index (χ2n) is 3.80. The van der Waals surface area contributed by atoms with Gasteiger partial charge in [-0.3, -0.25) is 9.69 Å². The Morgan fingerprint density at radius 1 is 1.56 bits per heavy atom. The summed E-state index contributed by atoms with van der Waals surface area (Å²) in [7, 11) is 1.53. The van der Waals surface area contributed by atoms with Crippen molar-refractivity contribution in [3.05, 3.63) is 28.5 Å². The number of pyridine rings is 1. The minimum absolute atomic E-state index is 0.0495. The van der Waals surface area contributed by atoms with Crippen molar-refractivity contribution in [1.29, 1.82) is 0 Å². The quantitative estimate of drug-likeness (QED) is 0.667. The lowest BCUT2D eigenvalue weighted by Gasteiger charge is -2.20. The second kappa shape index (κ2) is 5.45. The first kappa shape index (κ1) is 13.0. The van der Waals surface area contributed by atoms with Crippen molar-refractivity contribution in [3.63, 3.8) is 0 Å². The monoisotopic (exact) mass is 313 g/mol. The molecule has 1 aromatic heterocycles. The SMILES string of the molecule is CO[C@@H](CN1C(=O)CNC1=O)c1ccc(Br)nc1. The van der Waals surface area contributed by atoms with Gasteiger partial charge in [0.25, 0.3) is 0 Å². The van der Waals surface area contributed by atoms with E-state index in [-0.39, 0.29) is 31.1 Å². The van der Waals surface area contributed by atoms with Crippen LogP contribution in [0.3, 0.4) is 0 Å². The maximum atomic E-state index is 11.5. The predicted molar refractivity (Wildman–Crippen MR) is 66.8 cm³/mol. The molecule has 0 bridgehead atoms. The van der Waals surface area contributed by atoms with Crippen molar-refractivity contribution in [2.45, 2.75) is 6.10 Å². The van der Waals surface area contributed by atoms with Gasteiger partial charge < -0.3 is 10.1 Å². The van der Waals surface area contributed by atoms with Gasteiger partial charge >= 0.3 is 6.03 Å². The zero-order valence-electron chi connectivity index (χ0n) is 9.72. The summed E-state index contributed by atoms with van der Waals surface area (Å²) in [5, 5.41) is 2.47. The number of hydrogen-bond donors (Lipinski definition) is 1.